The average molecular weight is 233 g/mol. The van der Waals surface area contributed by atoms with Crippen LogP contribution in [0.15, 0.2) is 18.2 Å². The molecule has 0 aromatic heterocycles. The van der Waals surface area contributed by atoms with Crippen molar-refractivity contribution < 1.29 is 9.90 Å². The fraction of sp³-hybridized carbons (Fsp3) is 0.500. The predicted octanol–water partition coefficient (Wildman–Crippen LogP) is 2.79. The quantitative estimate of drug-likeness (QED) is 0.854. The molecule has 0 spiro atoms. The third-order valence-corrected chi connectivity index (χ3v) is 3.79. The molecule has 3 heteroatoms. The smallest absolute Gasteiger partial charge is 0.335 e. The molecule has 0 saturated carbocycles. The minimum Gasteiger partial charge on any atom is -0.478 e. The monoisotopic (exact) mass is 233 g/mol. The fourth-order valence-corrected chi connectivity index (χ4v) is 2.43. The van der Waals surface area contributed by atoms with Crippen molar-refractivity contribution in [2.45, 2.75) is 20.8 Å². The Kier molecular flexibility index (Phi) is 3.09. The molecule has 2 unspecified atom stereocenters. The summed E-state index contributed by atoms with van der Waals surface area (Å²) in [6.07, 6.45) is 0. The third-order valence-electron chi connectivity index (χ3n) is 3.79. The van der Waals surface area contributed by atoms with E-state index >= 15 is 0 Å². The number of carboxylic acids is 1. The highest BCUT2D eigenvalue weighted by Crippen LogP contribution is 2.28. The van der Waals surface area contributed by atoms with Crippen LogP contribution >= 0.6 is 0 Å². The number of benzene rings is 1. The molecule has 1 aliphatic rings. The van der Waals surface area contributed by atoms with Crippen LogP contribution in [0, 0.1) is 18.8 Å². The van der Waals surface area contributed by atoms with Crippen molar-refractivity contribution in [3.05, 3.63) is 29.3 Å². The first-order chi connectivity index (χ1) is 7.99. The molecule has 0 radical (unpaired) electrons. The Morgan fingerprint density at radius 2 is 1.88 bits per heavy atom. The van der Waals surface area contributed by atoms with Gasteiger partial charge < -0.3 is 10.0 Å². The van der Waals surface area contributed by atoms with E-state index in [1.165, 1.54) is 0 Å². The molecule has 2 atom stereocenters. The van der Waals surface area contributed by atoms with Gasteiger partial charge in [0.05, 0.1) is 5.56 Å². The molecule has 1 N–H and O–H groups in total. The van der Waals surface area contributed by atoms with E-state index in [0.29, 0.717) is 17.4 Å². The average Bonchev–Trinajstić information content (AvgIpc) is 2.58. The minimum atomic E-state index is -0.850. The number of hydrogen-bond donors (Lipinski definition) is 1. The van der Waals surface area contributed by atoms with Crippen molar-refractivity contribution in [1.29, 1.82) is 0 Å². The number of anilines is 1. The van der Waals surface area contributed by atoms with Crippen molar-refractivity contribution in [2.75, 3.05) is 18.0 Å². The second-order valence-corrected chi connectivity index (χ2v) is 5.16. The largest absolute Gasteiger partial charge is 0.478 e. The highest BCUT2D eigenvalue weighted by Gasteiger charge is 2.26. The molecular weight excluding hydrogens is 214 g/mol. The summed E-state index contributed by atoms with van der Waals surface area (Å²) < 4.78 is 0. The first kappa shape index (κ1) is 12.0. The van der Waals surface area contributed by atoms with Crippen molar-refractivity contribution in [3.63, 3.8) is 0 Å². The van der Waals surface area contributed by atoms with Gasteiger partial charge in [0.25, 0.3) is 0 Å². The fourth-order valence-electron chi connectivity index (χ4n) is 2.43. The summed E-state index contributed by atoms with van der Waals surface area (Å²) in [7, 11) is 0. The van der Waals surface area contributed by atoms with E-state index in [1.54, 1.807) is 6.07 Å². The van der Waals surface area contributed by atoms with Crippen LogP contribution in [-0.2, 0) is 0 Å². The lowest BCUT2D eigenvalue weighted by Gasteiger charge is -2.19. The number of rotatable bonds is 2. The Morgan fingerprint density at radius 3 is 2.35 bits per heavy atom. The maximum absolute atomic E-state index is 10.9. The molecule has 1 aliphatic heterocycles. The van der Waals surface area contributed by atoms with Crippen LogP contribution < -0.4 is 4.90 Å². The highest BCUT2D eigenvalue weighted by atomic mass is 16.4. The molecule has 92 valence electrons. The molecule has 1 saturated heterocycles. The first-order valence-corrected chi connectivity index (χ1v) is 6.08. The lowest BCUT2D eigenvalue weighted by Crippen LogP contribution is -2.19. The van der Waals surface area contributed by atoms with Crippen LogP contribution in [0.3, 0.4) is 0 Å². The summed E-state index contributed by atoms with van der Waals surface area (Å²) in [5.41, 5.74) is 2.37. The Hall–Kier alpha value is -1.51. The van der Waals surface area contributed by atoms with Crippen LogP contribution in [0.2, 0.25) is 0 Å². The first-order valence-electron chi connectivity index (χ1n) is 6.08. The molecule has 0 amide bonds. The zero-order valence-corrected chi connectivity index (χ0v) is 10.6. The molecule has 2 rings (SSSR count). The van der Waals surface area contributed by atoms with Crippen LogP contribution in [0.1, 0.15) is 29.8 Å². The van der Waals surface area contributed by atoms with Crippen LogP contribution in [0.5, 0.6) is 0 Å². The van der Waals surface area contributed by atoms with E-state index in [0.717, 1.165) is 24.3 Å². The zero-order valence-electron chi connectivity index (χ0n) is 10.6. The van der Waals surface area contributed by atoms with Gasteiger partial charge in [-0.25, -0.2) is 4.79 Å². The normalized spacial score (nSPS) is 24.1. The van der Waals surface area contributed by atoms with Gasteiger partial charge in [-0.15, -0.1) is 0 Å². The van der Waals surface area contributed by atoms with Gasteiger partial charge in [0, 0.05) is 18.8 Å². The van der Waals surface area contributed by atoms with E-state index in [1.807, 2.05) is 19.1 Å². The molecule has 17 heavy (non-hydrogen) atoms. The molecule has 1 aromatic rings. The number of carbonyl (C=O) groups is 1. The molecule has 0 bridgehead atoms. The van der Waals surface area contributed by atoms with E-state index in [-0.39, 0.29) is 0 Å². The molecule has 3 nitrogen and oxygen atoms in total. The Bertz CT molecular complexity index is 432. The summed E-state index contributed by atoms with van der Waals surface area (Å²) in [6, 6.07) is 5.61. The number of aryl methyl sites for hydroxylation is 1. The Morgan fingerprint density at radius 1 is 1.29 bits per heavy atom. The van der Waals surface area contributed by atoms with Gasteiger partial charge in [0.15, 0.2) is 0 Å². The van der Waals surface area contributed by atoms with Gasteiger partial charge in [-0.2, -0.15) is 0 Å². The van der Waals surface area contributed by atoms with Crippen LogP contribution in [0.4, 0.5) is 5.69 Å². The number of aromatic carboxylic acids is 1. The molecule has 1 heterocycles. The second kappa shape index (κ2) is 4.40. The van der Waals surface area contributed by atoms with Crippen molar-refractivity contribution in [2.24, 2.45) is 11.8 Å². The number of carboxylic acid groups (broad SMARTS) is 1. The topological polar surface area (TPSA) is 40.5 Å². The SMILES string of the molecule is Cc1cc(N2CC(C)C(C)C2)ccc1C(=O)O. The lowest BCUT2D eigenvalue weighted by atomic mass is 10.0. The van der Waals surface area contributed by atoms with Gasteiger partial charge in [-0.3, -0.25) is 0 Å². The van der Waals surface area contributed by atoms with Gasteiger partial charge >= 0.3 is 5.97 Å². The molecule has 1 fully saturated rings. The Balaban J connectivity index is 2.24. The van der Waals surface area contributed by atoms with Crippen molar-refractivity contribution >= 4 is 11.7 Å². The van der Waals surface area contributed by atoms with Gasteiger partial charge in [-0.05, 0) is 42.5 Å². The van der Waals surface area contributed by atoms with Gasteiger partial charge in [-0.1, -0.05) is 13.8 Å². The van der Waals surface area contributed by atoms with E-state index in [9.17, 15) is 4.79 Å². The van der Waals surface area contributed by atoms with E-state index in [4.69, 9.17) is 5.11 Å². The minimum absolute atomic E-state index is 0.397. The summed E-state index contributed by atoms with van der Waals surface area (Å²) in [5.74, 6) is 0.557. The highest BCUT2D eigenvalue weighted by molar-refractivity contribution is 5.89. The van der Waals surface area contributed by atoms with Gasteiger partial charge in [0.1, 0.15) is 0 Å². The summed E-state index contributed by atoms with van der Waals surface area (Å²) in [5, 5.41) is 8.99. The molecular formula is C14H19NO2. The number of hydrogen-bond acceptors (Lipinski definition) is 2. The van der Waals surface area contributed by atoms with E-state index in [2.05, 4.69) is 18.7 Å². The lowest BCUT2D eigenvalue weighted by molar-refractivity contribution is 0.0696. The van der Waals surface area contributed by atoms with Crippen LogP contribution in [-0.4, -0.2) is 24.2 Å². The Labute approximate surface area is 102 Å². The summed E-state index contributed by atoms with van der Waals surface area (Å²) in [6.45, 7) is 8.52. The predicted molar refractivity (Wildman–Crippen MR) is 68.7 cm³/mol. The zero-order chi connectivity index (χ0) is 12.6. The van der Waals surface area contributed by atoms with Crippen LogP contribution in [0.25, 0.3) is 0 Å². The second-order valence-electron chi connectivity index (χ2n) is 5.16. The van der Waals surface area contributed by atoms with Crippen molar-refractivity contribution in [3.8, 4) is 0 Å². The third kappa shape index (κ3) is 2.28. The molecule has 0 aliphatic carbocycles. The standard InChI is InChI=1S/C14H19NO2/c1-9-6-12(4-5-13(9)14(16)17)15-7-10(2)11(3)8-15/h4-6,10-11H,7-8H2,1-3H3,(H,16,17). The summed E-state index contributed by atoms with van der Waals surface area (Å²) in [4.78, 5) is 13.3. The van der Waals surface area contributed by atoms with Gasteiger partial charge in [0.2, 0.25) is 0 Å². The van der Waals surface area contributed by atoms with E-state index < -0.39 is 5.97 Å². The van der Waals surface area contributed by atoms with Crippen molar-refractivity contribution in [1.82, 2.24) is 0 Å². The maximum atomic E-state index is 10.9. The number of nitrogens with zero attached hydrogens (tertiary/aromatic N) is 1. The summed E-state index contributed by atoms with van der Waals surface area (Å²) >= 11 is 0. The maximum Gasteiger partial charge on any atom is 0.335 e. The molecule has 1 aromatic carbocycles.